The molecule has 0 amide bonds. The van der Waals surface area contributed by atoms with Gasteiger partial charge in [0.1, 0.15) is 0 Å². The van der Waals surface area contributed by atoms with Crippen LogP contribution in [0.3, 0.4) is 0 Å². The van der Waals surface area contributed by atoms with Crippen LogP contribution in [0.1, 0.15) is 70.6 Å². The van der Waals surface area contributed by atoms with Gasteiger partial charge in [-0.05, 0) is 62.7 Å². The van der Waals surface area contributed by atoms with Crippen molar-refractivity contribution in [3.8, 4) is 0 Å². The van der Waals surface area contributed by atoms with E-state index in [1.165, 1.54) is 69.8 Å². The lowest BCUT2D eigenvalue weighted by Crippen LogP contribution is -2.21. The summed E-state index contributed by atoms with van der Waals surface area (Å²) in [5.41, 5.74) is 3.23. The van der Waals surface area contributed by atoms with Crippen molar-refractivity contribution in [2.45, 2.75) is 70.6 Å². The molecule has 3 aliphatic carbocycles. The number of hydrogen-bond donors (Lipinski definition) is 0. The molecule has 0 spiro atoms. The molecule has 0 heteroatoms. The molecule has 0 nitrogen and oxygen atoms in total. The molecular formula is C18H28. The van der Waals surface area contributed by atoms with E-state index in [0.29, 0.717) is 0 Å². The minimum Gasteiger partial charge on any atom is -0.0995 e. The summed E-state index contributed by atoms with van der Waals surface area (Å²) in [6.45, 7) is 4.11. The van der Waals surface area contributed by atoms with Crippen LogP contribution in [0.4, 0.5) is 0 Å². The van der Waals surface area contributed by atoms with Crippen LogP contribution in [-0.4, -0.2) is 0 Å². The zero-order valence-electron chi connectivity index (χ0n) is 11.8. The summed E-state index contributed by atoms with van der Waals surface area (Å²) in [5.74, 6) is 3.13. The molecule has 3 aliphatic rings. The SMILES string of the molecule is C=C1CC=C(C2CCC(C3CCCC3)CC2)CC1. The van der Waals surface area contributed by atoms with Crippen LogP contribution >= 0.6 is 0 Å². The average molecular weight is 244 g/mol. The topological polar surface area (TPSA) is 0 Å². The zero-order valence-corrected chi connectivity index (χ0v) is 11.8. The van der Waals surface area contributed by atoms with E-state index in [9.17, 15) is 0 Å². The highest BCUT2D eigenvalue weighted by Gasteiger charge is 2.30. The summed E-state index contributed by atoms with van der Waals surface area (Å²) in [7, 11) is 0. The van der Waals surface area contributed by atoms with E-state index in [0.717, 1.165) is 24.2 Å². The minimum absolute atomic E-state index is 0.941. The summed E-state index contributed by atoms with van der Waals surface area (Å²) >= 11 is 0. The molecule has 0 aromatic heterocycles. The van der Waals surface area contributed by atoms with Gasteiger partial charge in [0.05, 0.1) is 0 Å². The molecule has 0 aromatic carbocycles. The van der Waals surface area contributed by atoms with Crippen molar-refractivity contribution < 1.29 is 0 Å². The van der Waals surface area contributed by atoms with Gasteiger partial charge in [0.2, 0.25) is 0 Å². The van der Waals surface area contributed by atoms with Gasteiger partial charge in [-0.2, -0.15) is 0 Å². The van der Waals surface area contributed by atoms with Crippen molar-refractivity contribution in [1.82, 2.24) is 0 Å². The Hall–Kier alpha value is -0.520. The fourth-order valence-electron chi connectivity index (χ4n) is 4.56. The highest BCUT2D eigenvalue weighted by atomic mass is 14.4. The molecule has 0 N–H and O–H groups in total. The molecule has 3 rings (SSSR count). The second-order valence-corrected chi connectivity index (χ2v) is 6.89. The Bertz CT molecular complexity index is 322. The van der Waals surface area contributed by atoms with Gasteiger partial charge in [-0.15, -0.1) is 0 Å². The lowest BCUT2D eigenvalue weighted by molar-refractivity contribution is 0.219. The molecule has 0 saturated heterocycles. The van der Waals surface area contributed by atoms with Crippen molar-refractivity contribution in [1.29, 1.82) is 0 Å². The molecule has 2 saturated carbocycles. The molecule has 0 heterocycles. The van der Waals surface area contributed by atoms with E-state index in [-0.39, 0.29) is 0 Å². The van der Waals surface area contributed by atoms with Gasteiger partial charge in [0.25, 0.3) is 0 Å². The molecule has 0 radical (unpaired) electrons. The highest BCUT2D eigenvalue weighted by Crippen LogP contribution is 2.43. The van der Waals surface area contributed by atoms with Crippen LogP contribution in [0.25, 0.3) is 0 Å². The maximum absolute atomic E-state index is 4.11. The molecule has 0 aromatic rings. The third-order valence-corrected chi connectivity index (χ3v) is 5.78. The molecule has 100 valence electrons. The highest BCUT2D eigenvalue weighted by molar-refractivity contribution is 5.19. The molecule has 18 heavy (non-hydrogen) atoms. The van der Waals surface area contributed by atoms with E-state index in [1.54, 1.807) is 5.57 Å². The second kappa shape index (κ2) is 5.63. The van der Waals surface area contributed by atoms with E-state index in [1.807, 2.05) is 0 Å². The van der Waals surface area contributed by atoms with E-state index in [4.69, 9.17) is 0 Å². The minimum atomic E-state index is 0.941. The Morgan fingerprint density at radius 2 is 1.50 bits per heavy atom. The van der Waals surface area contributed by atoms with Gasteiger partial charge in [-0.1, -0.05) is 49.5 Å². The monoisotopic (exact) mass is 244 g/mol. The predicted octanol–water partition coefficient (Wildman–Crippen LogP) is 5.65. The average Bonchev–Trinajstić information content (AvgIpc) is 2.94. The van der Waals surface area contributed by atoms with Crippen LogP contribution in [0.2, 0.25) is 0 Å². The first-order valence-electron chi connectivity index (χ1n) is 8.18. The zero-order chi connectivity index (χ0) is 12.4. The third kappa shape index (κ3) is 2.73. The van der Waals surface area contributed by atoms with E-state index < -0.39 is 0 Å². The quantitative estimate of drug-likeness (QED) is 0.551. The summed E-state index contributed by atoms with van der Waals surface area (Å²) < 4.78 is 0. The summed E-state index contributed by atoms with van der Waals surface area (Å²) in [4.78, 5) is 0. The molecule has 0 atom stereocenters. The first-order chi connectivity index (χ1) is 8.83. The van der Waals surface area contributed by atoms with Crippen LogP contribution in [0, 0.1) is 17.8 Å². The molecule has 0 aliphatic heterocycles. The van der Waals surface area contributed by atoms with Crippen molar-refractivity contribution in [3.63, 3.8) is 0 Å². The third-order valence-electron chi connectivity index (χ3n) is 5.78. The van der Waals surface area contributed by atoms with Crippen molar-refractivity contribution in [2.75, 3.05) is 0 Å². The summed E-state index contributed by atoms with van der Waals surface area (Å²) in [5, 5.41) is 0. The van der Waals surface area contributed by atoms with Gasteiger partial charge >= 0.3 is 0 Å². The predicted molar refractivity (Wildman–Crippen MR) is 78.5 cm³/mol. The van der Waals surface area contributed by atoms with Crippen LogP contribution in [-0.2, 0) is 0 Å². The first kappa shape index (κ1) is 12.5. The number of rotatable bonds is 2. The largest absolute Gasteiger partial charge is 0.0995 e. The van der Waals surface area contributed by atoms with Gasteiger partial charge in [-0.3, -0.25) is 0 Å². The van der Waals surface area contributed by atoms with Gasteiger partial charge in [0.15, 0.2) is 0 Å². The van der Waals surface area contributed by atoms with Crippen LogP contribution < -0.4 is 0 Å². The van der Waals surface area contributed by atoms with E-state index in [2.05, 4.69) is 12.7 Å². The molecule has 0 bridgehead atoms. The lowest BCUT2D eigenvalue weighted by atomic mass is 9.71. The smallest absolute Gasteiger partial charge is 0.0139 e. The Kier molecular flexibility index (Phi) is 3.91. The maximum atomic E-state index is 4.11. The standard InChI is InChI=1S/C18H28/c1-14-6-8-16(9-7-14)18-12-10-17(11-13-18)15-4-2-3-5-15/h8,15,17-18H,1-7,9-13H2. The molecular weight excluding hydrogens is 216 g/mol. The lowest BCUT2D eigenvalue weighted by Gasteiger charge is -2.34. The van der Waals surface area contributed by atoms with Crippen LogP contribution in [0.5, 0.6) is 0 Å². The first-order valence-corrected chi connectivity index (χ1v) is 8.18. The fraction of sp³-hybridized carbons (Fsp3) is 0.778. The second-order valence-electron chi connectivity index (χ2n) is 6.89. The number of allylic oxidation sites excluding steroid dienone is 3. The summed E-state index contributed by atoms with van der Waals surface area (Å²) in [6.07, 6.45) is 18.4. The van der Waals surface area contributed by atoms with Crippen molar-refractivity contribution in [3.05, 3.63) is 23.8 Å². The number of hydrogen-bond acceptors (Lipinski definition) is 0. The molecule has 2 fully saturated rings. The molecule has 0 unspecified atom stereocenters. The van der Waals surface area contributed by atoms with Crippen LogP contribution in [0.15, 0.2) is 23.8 Å². The Morgan fingerprint density at radius 1 is 0.833 bits per heavy atom. The summed E-state index contributed by atoms with van der Waals surface area (Å²) in [6, 6.07) is 0. The Balaban J connectivity index is 1.52. The van der Waals surface area contributed by atoms with Crippen molar-refractivity contribution in [2.24, 2.45) is 17.8 Å². The maximum Gasteiger partial charge on any atom is -0.0139 e. The van der Waals surface area contributed by atoms with Gasteiger partial charge in [0, 0.05) is 0 Å². The van der Waals surface area contributed by atoms with Crippen molar-refractivity contribution >= 4 is 0 Å². The fourth-order valence-corrected chi connectivity index (χ4v) is 4.56. The Morgan fingerprint density at radius 3 is 2.11 bits per heavy atom. The van der Waals surface area contributed by atoms with E-state index >= 15 is 0 Å². The normalized spacial score (nSPS) is 34.7. The van der Waals surface area contributed by atoms with Gasteiger partial charge in [-0.25, -0.2) is 0 Å². The Labute approximate surface area is 113 Å². The van der Waals surface area contributed by atoms with Gasteiger partial charge < -0.3 is 0 Å².